The van der Waals surface area contributed by atoms with Crippen molar-refractivity contribution in [2.24, 2.45) is 11.8 Å². The van der Waals surface area contributed by atoms with Crippen molar-refractivity contribution in [3.63, 3.8) is 0 Å². The molecule has 0 amide bonds. The van der Waals surface area contributed by atoms with E-state index >= 15 is 0 Å². The maximum absolute atomic E-state index is 4.79. The second-order valence-electron chi connectivity index (χ2n) is 15.8. The minimum absolute atomic E-state index is 0.305. The molecule has 0 fully saturated rings. The predicted octanol–water partition coefficient (Wildman–Crippen LogP) is 13.2. The lowest BCUT2D eigenvalue weighted by Gasteiger charge is -2.22. The van der Waals surface area contributed by atoms with E-state index in [1.165, 1.54) is 106 Å². The Kier molecular flexibility index (Phi) is 6.83. The summed E-state index contributed by atoms with van der Waals surface area (Å²) < 4.78 is 0. The standard InChI is InChI=1S/C46H54/c1-19-17-35(22(4)20(19)2)43-27(9)29(11)46-44(28(10)30(12)45(43)46)37-18-36(23(5)24(37)6)38-31(13)41-33(15)39-25(7)21(3)26(8)40(39)34(16)42(41)32(38)14/h25,27-28,32H,11-12,17-18H2,1-10,13-16H3. The molecule has 4 atom stereocenters. The highest BCUT2D eigenvalue weighted by Gasteiger charge is 2.45. The van der Waals surface area contributed by atoms with E-state index < -0.39 is 0 Å². The SMILES string of the molecule is C=C1C2=C(C3=C(C)C(C)=C(C4=C(C)c5c(C)c6c(c(C)c5C4C)C(C)=C(C)C6C)C3)C(C)C(=C)C2=C(C2=C(C)C(C)=C(C)C2)C1C. The third-order valence-electron chi connectivity index (χ3n) is 14.0. The molecule has 0 saturated carbocycles. The Bertz CT molecular complexity index is 2030. The van der Waals surface area contributed by atoms with Crippen molar-refractivity contribution in [2.45, 2.75) is 122 Å². The molecule has 238 valence electrons. The van der Waals surface area contributed by atoms with Crippen LogP contribution in [0.4, 0.5) is 0 Å². The first-order valence-corrected chi connectivity index (χ1v) is 17.7. The van der Waals surface area contributed by atoms with Crippen molar-refractivity contribution < 1.29 is 0 Å². The van der Waals surface area contributed by atoms with Crippen molar-refractivity contribution in [2.75, 3.05) is 0 Å². The van der Waals surface area contributed by atoms with E-state index in [1.54, 1.807) is 27.8 Å². The van der Waals surface area contributed by atoms with Crippen molar-refractivity contribution >= 4 is 11.1 Å². The zero-order chi connectivity index (χ0) is 33.6. The summed E-state index contributed by atoms with van der Waals surface area (Å²) in [6, 6.07) is 0. The van der Waals surface area contributed by atoms with Crippen LogP contribution in [-0.4, -0.2) is 0 Å². The normalized spacial score (nSPS) is 27.9. The summed E-state index contributed by atoms with van der Waals surface area (Å²) in [4.78, 5) is 0. The van der Waals surface area contributed by atoms with Crippen molar-refractivity contribution in [3.8, 4) is 0 Å². The lowest BCUT2D eigenvalue weighted by Crippen LogP contribution is -2.07. The molecule has 1 aromatic rings. The van der Waals surface area contributed by atoms with Gasteiger partial charge in [0.15, 0.2) is 0 Å². The van der Waals surface area contributed by atoms with Crippen LogP contribution in [-0.2, 0) is 0 Å². The van der Waals surface area contributed by atoms with Gasteiger partial charge in [-0.25, -0.2) is 0 Å². The molecule has 0 nitrogen and oxygen atoms in total. The maximum Gasteiger partial charge on any atom is 0.00757 e. The molecular weight excluding hydrogens is 553 g/mol. The molecule has 0 bridgehead atoms. The molecule has 46 heavy (non-hydrogen) atoms. The molecule has 4 unspecified atom stereocenters. The lowest BCUT2D eigenvalue weighted by atomic mass is 9.82. The van der Waals surface area contributed by atoms with Gasteiger partial charge in [0.25, 0.3) is 0 Å². The van der Waals surface area contributed by atoms with Crippen molar-refractivity contribution in [1.82, 2.24) is 0 Å². The van der Waals surface area contributed by atoms with E-state index in [-0.39, 0.29) is 0 Å². The van der Waals surface area contributed by atoms with Crippen LogP contribution >= 0.6 is 0 Å². The Morgan fingerprint density at radius 3 is 1.33 bits per heavy atom. The maximum atomic E-state index is 4.79. The highest BCUT2D eigenvalue weighted by atomic mass is 14.5. The summed E-state index contributed by atoms with van der Waals surface area (Å²) in [6.45, 7) is 42.9. The average Bonchev–Trinajstić information content (AvgIpc) is 3.75. The topological polar surface area (TPSA) is 0 Å². The van der Waals surface area contributed by atoms with E-state index in [0.29, 0.717) is 23.7 Å². The van der Waals surface area contributed by atoms with Crippen LogP contribution in [0.1, 0.15) is 141 Å². The Morgan fingerprint density at radius 1 is 0.435 bits per heavy atom. The highest BCUT2D eigenvalue weighted by molar-refractivity contribution is 5.91. The summed E-state index contributed by atoms with van der Waals surface area (Å²) in [5, 5.41) is 0. The summed E-state index contributed by atoms with van der Waals surface area (Å²) in [5.41, 5.74) is 35.9. The van der Waals surface area contributed by atoms with Crippen LogP contribution in [0.15, 0.2) is 102 Å². The first-order chi connectivity index (χ1) is 21.5. The van der Waals surface area contributed by atoms with Gasteiger partial charge >= 0.3 is 0 Å². The minimum Gasteiger partial charge on any atom is -0.0946 e. The van der Waals surface area contributed by atoms with Crippen LogP contribution in [0.5, 0.6) is 0 Å². The fourth-order valence-corrected chi connectivity index (χ4v) is 10.8. The van der Waals surface area contributed by atoms with Gasteiger partial charge in [-0.2, -0.15) is 0 Å². The van der Waals surface area contributed by atoms with E-state index in [0.717, 1.165) is 12.8 Å². The fourth-order valence-electron chi connectivity index (χ4n) is 10.8. The molecular formula is C46H54. The zero-order valence-electron chi connectivity index (χ0n) is 31.1. The fraction of sp³-hybridized carbons (Fsp3) is 0.435. The average molecular weight is 607 g/mol. The Morgan fingerprint density at radius 2 is 0.848 bits per heavy atom. The summed E-state index contributed by atoms with van der Waals surface area (Å²) in [7, 11) is 0. The molecule has 0 heterocycles. The van der Waals surface area contributed by atoms with E-state index in [1.807, 2.05) is 0 Å². The second kappa shape index (κ2) is 10.1. The zero-order valence-corrected chi connectivity index (χ0v) is 31.1. The van der Waals surface area contributed by atoms with Gasteiger partial charge in [0.2, 0.25) is 0 Å². The van der Waals surface area contributed by atoms with Gasteiger partial charge in [0.05, 0.1) is 0 Å². The number of allylic oxidation sites excluding steroid dienone is 18. The third kappa shape index (κ3) is 3.63. The van der Waals surface area contributed by atoms with Crippen molar-refractivity contribution in [1.29, 1.82) is 0 Å². The smallest absolute Gasteiger partial charge is 0.00757 e. The van der Waals surface area contributed by atoms with Gasteiger partial charge in [-0.1, -0.05) is 52.0 Å². The van der Waals surface area contributed by atoms with E-state index in [9.17, 15) is 0 Å². The molecule has 0 N–H and O–H groups in total. The second-order valence-corrected chi connectivity index (χ2v) is 15.8. The molecule has 0 saturated heterocycles. The summed E-state index contributed by atoms with van der Waals surface area (Å²) in [5.74, 6) is 1.53. The van der Waals surface area contributed by atoms with Gasteiger partial charge in [0, 0.05) is 23.7 Å². The summed E-state index contributed by atoms with van der Waals surface area (Å²) in [6.07, 6.45) is 2.07. The predicted molar refractivity (Wildman–Crippen MR) is 200 cm³/mol. The number of hydrogen-bond donors (Lipinski definition) is 0. The van der Waals surface area contributed by atoms with Crippen LogP contribution in [0.3, 0.4) is 0 Å². The summed E-state index contributed by atoms with van der Waals surface area (Å²) >= 11 is 0. The van der Waals surface area contributed by atoms with E-state index in [4.69, 9.17) is 13.2 Å². The molecule has 6 aliphatic rings. The largest absolute Gasteiger partial charge is 0.0946 e. The third-order valence-corrected chi connectivity index (χ3v) is 14.0. The van der Waals surface area contributed by atoms with Crippen LogP contribution < -0.4 is 0 Å². The van der Waals surface area contributed by atoms with Gasteiger partial charge in [0.1, 0.15) is 0 Å². The first-order valence-electron chi connectivity index (χ1n) is 17.7. The van der Waals surface area contributed by atoms with Crippen LogP contribution in [0.25, 0.3) is 11.1 Å². The van der Waals surface area contributed by atoms with Crippen molar-refractivity contribution in [3.05, 3.63) is 136 Å². The molecule has 6 aliphatic carbocycles. The Balaban J connectivity index is 1.34. The minimum atomic E-state index is 0.305. The first kappa shape index (κ1) is 31.2. The molecule has 0 heteroatoms. The molecule has 0 aromatic heterocycles. The van der Waals surface area contributed by atoms with Crippen LogP contribution in [0.2, 0.25) is 0 Å². The quantitative estimate of drug-likeness (QED) is 0.321. The van der Waals surface area contributed by atoms with Gasteiger partial charge in [-0.05, 0) is 205 Å². The van der Waals surface area contributed by atoms with Gasteiger partial charge in [-0.3, -0.25) is 0 Å². The molecule has 7 rings (SSSR count). The number of rotatable bonds is 3. The monoisotopic (exact) mass is 606 g/mol. The van der Waals surface area contributed by atoms with E-state index in [2.05, 4.69) is 96.9 Å². The highest BCUT2D eigenvalue weighted by Crippen LogP contribution is 2.61. The molecule has 0 radical (unpaired) electrons. The Labute approximate surface area is 279 Å². The molecule has 0 aliphatic heterocycles. The molecule has 1 aromatic carbocycles. The van der Waals surface area contributed by atoms with Crippen LogP contribution in [0, 0.1) is 25.7 Å². The van der Waals surface area contributed by atoms with Gasteiger partial charge < -0.3 is 0 Å². The lowest BCUT2D eigenvalue weighted by molar-refractivity contribution is 0.802. The number of benzene rings is 1. The number of hydrogen-bond acceptors (Lipinski definition) is 0. The number of fused-ring (bicyclic) bond motifs is 3. The Hall–Kier alpha value is -3.38. The molecule has 0 spiro atoms. The van der Waals surface area contributed by atoms with Gasteiger partial charge in [-0.15, -0.1) is 0 Å².